The van der Waals surface area contributed by atoms with E-state index in [1.807, 2.05) is 62.6 Å². The maximum atomic E-state index is 13.9. The molecule has 0 radical (unpaired) electrons. The molecular formula is C35H31N7O5. The van der Waals surface area contributed by atoms with E-state index in [1.54, 1.807) is 49.6 Å². The van der Waals surface area contributed by atoms with Gasteiger partial charge >= 0.3 is 17.7 Å². The Kier molecular flexibility index (Phi) is 8.58. The van der Waals surface area contributed by atoms with E-state index in [1.165, 1.54) is 4.68 Å². The van der Waals surface area contributed by atoms with E-state index in [4.69, 9.17) is 4.74 Å². The maximum absolute atomic E-state index is 13.9. The third-order valence-corrected chi connectivity index (χ3v) is 7.45. The van der Waals surface area contributed by atoms with Gasteiger partial charge in [-0.3, -0.25) is 9.78 Å². The number of carbonyl (C=O) groups excluding carboxylic acids is 2. The number of benzene rings is 3. The number of aromatic amines is 1. The number of esters is 1. The number of anilines is 1. The van der Waals surface area contributed by atoms with Crippen LogP contribution < -0.4 is 16.6 Å². The van der Waals surface area contributed by atoms with Gasteiger partial charge in [0.15, 0.2) is 11.2 Å². The predicted octanol–water partition coefficient (Wildman–Crippen LogP) is 4.92. The first-order valence-electron chi connectivity index (χ1n) is 14.9. The van der Waals surface area contributed by atoms with E-state index in [-0.39, 0.29) is 23.3 Å². The highest BCUT2D eigenvalue weighted by molar-refractivity contribution is 6.01. The number of nitrogens with one attached hydrogen (secondary N) is 2. The van der Waals surface area contributed by atoms with Gasteiger partial charge in [0.25, 0.3) is 5.56 Å². The first-order chi connectivity index (χ1) is 22.7. The molecule has 0 unspecified atom stereocenters. The molecule has 3 heterocycles. The minimum absolute atomic E-state index is 0.0500. The molecule has 236 valence electrons. The van der Waals surface area contributed by atoms with Gasteiger partial charge in [-0.2, -0.15) is 9.67 Å². The number of nitrogens with zero attached hydrogens (tertiary/aromatic N) is 5. The highest BCUT2D eigenvalue weighted by atomic mass is 16.5. The lowest BCUT2D eigenvalue weighted by Gasteiger charge is -2.15. The van der Waals surface area contributed by atoms with Gasteiger partial charge in [0, 0.05) is 24.6 Å². The van der Waals surface area contributed by atoms with E-state index in [9.17, 15) is 19.2 Å². The van der Waals surface area contributed by atoms with Gasteiger partial charge in [-0.15, -0.1) is 0 Å². The lowest BCUT2D eigenvalue weighted by atomic mass is 9.99. The molecule has 0 aliphatic rings. The number of fused-ring (bicyclic) bond motifs is 1. The summed E-state index contributed by atoms with van der Waals surface area (Å²) in [4.78, 5) is 62.1. The summed E-state index contributed by atoms with van der Waals surface area (Å²) in [5.41, 5.74) is 3.01. The van der Waals surface area contributed by atoms with Crippen molar-refractivity contribution >= 4 is 28.7 Å². The number of aromatic nitrogens is 5. The van der Waals surface area contributed by atoms with Crippen molar-refractivity contribution < 1.29 is 14.3 Å². The van der Waals surface area contributed by atoms with Gasteiger partial charge in [-0.1, -0.05) is 48.5 Å². The molecule has 12 heteroatoms. The van der Waals surface area contributed by atoms with Crippen LogP contribution in [0, 0.1) is 0 Å². The fourth-order valence-electron chi connectivity index (χ4n) is 5.36. The Morgan fingerprint density at radius 2 is 1.64 bits per heavy atom. The standard InChI is InChI=1S/C35H31N7O5/c1-4-47-33(44)30-29-31(42(39-30)27-10-7-9-24(20-27)22-16-18-36-19-17-22)32(43)41(35(46)38-29)34(45)37-26-14-12-23(13-15-26)28-11-6-5-8-25(28)21-40(2)3/h5-20H,4,21H2,1-3H3,(H,37,45)(H,38,46). The fraction of sp³-hybridized carbons (Fsp3) is 0.143. The Morgan fingerprint density at radius 3 is 2.36 bits per heavy atom. The number of amides is 1. The van der Waals surface area contributed by atoms with E-state index >= 15 is 0 Å². The van der Waals surface area contributed by atoms with E-state index in [0.29, 0.717) is 15.9 Å². The molecule has 0 fully saturated rings. The number of pyridine rings is 1. The lowest BCUT2D eigenvalue weighted by molar-refractivity contribution is 0.0521. The number of hydrogen-bond acceptors (Lipinski definition) is 8. The minimum atomic E-state index is -1.04. The molecule has 1 amide bonds. The van der Waals surface area contributed by atoms with Crippen molar-refractivity contribution in [3.8, 4) is 27.9 Å². The van der Waals surface area contributed by atoms with Crippen LogP contribution in [0.4, 0.5) is 10.5 Å². The molecule has 0 atom stereocenters. The van der Waals surface area contributed by atoms with Gasteiger partial charge < -0.3 is 19.9 Å². The Hall–Kier alpha value is -6.14. The first-order valence-corrected chi connectivity index (χ1v) is 14.9. The molecular weight excluding hydrogens is 598 g/mol. The Labute approximate surface area is 268 Å². The van der Waals surface area contributed by atoms with Gasteiger partial charge in [-0.25, -0.2) is 19.1 Å². The van der Waals surface area contributed by atoms with Crippen LogP contribution in [0.1, 0.15) is 23.0 Å². The van der Waals surface area contributed by atoms with E-state index in [0.717, 1.165) is 34.4 Å². The second-order valence-electron chi connectivity index (χ2n) is 11.0. The largest absolute Gasteiger partial charge is 0.461 e. The summed E-state index contributed by atoms with van der Waals surface area (Å²) < 4.78 is 6.83. The normalized spacial score (nSPS) is 11.1. The van der Waals surface area contributed by atoms with Crippen LogP contribution in [0.2, 0.25) is 0 Å². The second-order valence-corrected chi connectivity index (χ2v) is 11.0. The van der Waals surface area contributed by atoms with Crippen LogP contribution in [0.15, 0.2) is 107 Å². The van der Waals surface area contributed by atoms with Gasteiger partial charge in [-0.05, 0) is 85.2 Å². The summed E-state index contributed by atoms with van der Waals surface area (Å²) in [5.74, 6) is -0.828. The average molecular weight is 630 g/mol. The molecule has 12 nitrogen and oxygen atoms in total. The molecule has 2 N–H and O–H groups in total. The number of rotatable bonds is 8. The van der Waals surface area contributed by atoms with Crippen molar-refractivity contribution in [2.24, 2.45) is 0 Å². The Bertz CT molecular complexity index is 2220. The highest BCUT2D eigenvalue weighted by Gasteiger charge is 2.26. The molecule has 0 aliphatic heterocycles. The molecule has 0 saturated carbocycles. The monoisotopic (exact) mass is 629 g/mol. The smallest absolute Gasteiger partial charge is 0.361 e. The molecule has 3 aromatic carbocycles. The number of carbonyl (C=O) groups is 2. The van der Waals surface area contributed by atoms with E-state index in [2.05, 4.69) is 31.3 Å². The second kappa shape index (κ2) is 13.1. The molecule has 0 bridgehead atoms. The summed E-state index contributed by atoms with van der Waals surface area (Å²) in [5, 5.41) is 7.01. The van der Waals surface area contributed by atoms with E-state index < -0.39 is 23.2 Å². The zero-order chi connectivity index (χ0) is 33.1. The topological polar surface area (TPSA) is 144 Å². The Balaban J connectivity index is 1.39. The number of H-pyrrole nitrogens is 1. The molecule has 47 heavy (non-hydrogen) atoms. The molecule has 3 aromatic heterocycles. The Morgan fingerprint density at radius 1 is 0.894 bits per heavy atom. The third kappa shape index (κ3) is 6.22. The first kappa shape index (κ1) is 30.9. The summed E-state index contributed by atoms with van der Waals surface area (Å²) in [6.07, 6.45) is 3.31. The minimum Gasteiger partial charge on any atom is -0.461 e. The zero-order valence-electron chi connectivity index (χ0n) is 25.9. The fourth-order valence-corrected chi connectivity index (χ4v) is 5.36. The van der Waals surface area contributed by atoms with Crippen molar-refractivity contribution in [2.75, 3.05) is 26.0 Å². The third-order valence-electron chi connectivity index (χ3n) is 7.45. The zero-order valence-corrected chi connectivity index (χ0v) is 25.9. The number of ether oxygens (including phenoxy) is 1. The molecule has 0 saturated heterocycles. The summed E-state index contributed by atoms with van der Waals surface area (Å²) >= 11 is 0. The van der Waals surface area contributed by atoms with Crippen molar-refractivity contribution in [3.05, 3.63) is 129 Å². The van der Waals surface area contributed by atoms with Crippen LogP contribution >= 0.6 is 0 Å². The van der Waals surface area contributed by atoms with Gasteiger partial charge in [0.05, 0.1) is 12.3 Å². The van der Waals surface area contributed by atoms with Crippen LogP contribution in [-0.4, -0.2) is 61.9 Å². The van der Waals surface area contributed by atoms with Crippen LogP contribution in [-0.2, 0) is 11.3 Å². The van der Waals surface area contributed by atoms with Crippen molar-refractivity contribution in [3.63, 3.8) is 0 Å². The van der Waals surface area contributed by atoms with Crippen LogP contribution in [0.5, 0.6) is 0 Å². The van der Waals surface area contributed by atoms with Crippen molar-refractivity contribution in [1.29, 1.82) is 0 Å². The summed E-state index contributed by atoms with van der Waals surface area (Å²) in [7, 11) is 4.00. The maximum Gasteiger partial charge on any atom is 0.361 e. The SMILES string of the molecule is CCOC(=O)c1nn(-c2cccc(-c3ccncc3)c2)c2c(=O)n(C(=O)Nc3ccc(-c4ccccc4CN(C)C)cc3)c(=O)[nH]c12. The molecule has 0 aliphatic carbocycles. The van der Waals surface area contributed by atoms with Crippen LogP contribution in [0.25, 0.3) is 39.0 Å². The van der Waals surface area contributed by atoms with Crippen LogP contribution in [0.3, 0.4) is 0 Å². The average Bonchev–Trinajstić information content (AvgIpc) is 3.45. The quantitative estimate of drug-likeness (QED) is 0.226. The predicted molar refractivity (Wildman–Crippen MR) is 179 cm³/mol. The van der Waals surface area contributed by atoms with Gasteiger partial charge in [0.2, 0.25) is 0 Å². The number of hydrogen-bond donors (Lipinski definition) is 2. The molecule has 0 spiro atoms. The van der Waals surface area contributed by atoms with Crippen molar-refractivity contribution in [2.45, 2.75) is 13.5 Å². The highest BCUT2D eigenvalue weighted by Crippen LogP contribution is 2.27. The molecule has 6 rings (SSSR count). The summed E-state index contributed by atoms with van der Waals surface area (Å²) in [6, 6.07) is 24.9. The molecule has 6 aromatic rings. The van der Waals surface area contributed by atoms with Crippen molar-refractivity contribution in [1.82, 2.24) is 29.2 Å². The summed E-state index contributed by atoms with van der Waals surface area (Å²) in [6.45, 7) is 2.43. The lowest BCUT2D eigenvalue weighted by Crippen LogP contribution is -2.42. The van der Waals surface area contributed by atoms with Gasteiger partial charge in [0.1, 0.15) is 5.52 Å².